The summed E-state index contributed by atoms with van der Waals surface area (Å²) in [6, 6.07) is 4.32. The van der Waals surface area contributed by atoms with E-state index in [0.717, 1.165) is 19.3 Å². The van der Waals surface area contributed by atoms with Crippen molar-refractivity contribution >= 4 is 11.6 Å². The molecule has 1 saturated carbocycles. The summed E-state index contributed by atoms with van der Waals surface area (Å²) < 4.78 is 13.3. The molecular weight excluding hydrogens is 243 g/mol. The maximum Gasteiger partial charge on any atom is 0.253 e. The topological polar surface area (TPSA) is 55.1 Å². The Hall–Kier alpha value is -1.58. The van der Waals surface area contributed by atoms with E-state index < -0.39 is 5.82 Å². The molecule has 1 aromatic carbocycles. The SMILES string of the molecule is CCC1(CNC(=O)c2cccc(F)c2N)CCCC1. The number of nitrogen functional groups attached to an aromatic ring is 1. The van der Waals surface area contributed by atoms with Gasteiger partial charge in [0, 0.05) is 6.54 Å². The monoisotopic (exact) mass is 264 g/mol. The van der Waals surface area contributed by atoms with Crippen molar-refractivity contribution in [2.75, 3.05) is 12.3 Å². The Balaban J connectivity index is 2.03. The number of carbonyl (C=O) groups excluding carboxylic acids is 1. The highest BCUT2D eigenvalue weighted by atomic mass is 19.1. The van der Waals surface area contributed by atoms with Gasteiger partial charge in [-0.15, -0.1) is 0 Å². The van der Waals surface area contributed by atoms with Gasteiger partial charge in [-0.25, -0.2) is 4.39 Å². The Morgan fingerprint density at radius 2 is 2.11 bits per heavy atom. The molecular formula is C15H21FN2O. The van der Waals surface area contributed by atoms with E-state index in [-0.39, 0.29) is 22.6 Å². The third-order valence-electron chi connectivity index (χ3n) is 4.34. The highest BCUT2D eigenvalue weighted by molar-refractivity contribution is 5.99. The molecule has 104 valence electrons. The Kier molecular flexibility index (Phi) is 4.08. The van der Waals surface area contributed by atoms with Gasteiger partial charge in [-0.05, 0) is 36.8 Å². The molecule has 1 aliphatic carbocycles. The zero-order chi connectivity index (χ0) is 13.9. The molecule has 0 unspecified atom stereocenters. The van der Waals surface area contributed by atoms with Crippen molar-refractivity contribution in [2.24, 2.45) is 5.41 Å². The number of nitrogens with two attached hydrogens (primary N) is 1. The van der Waals surface area contributed by atoms with Crippen molar-refractivity contribution in [1.29, 1.82) is 0 Å². The van der Waals surface area contributed by atoms with E-state index in [4.69, 9.17) is 5.73 Å². The summed E-state index contributed by atoms with van der Waals surface area (Å²) in [6.45, 7) is 2.81. The first-order valence-electron chi connectivity index (χ1n) is 6.90. The summed E-state index contributed by atoms with van der Waals surface area (Å²) in [7, 11) is 0. The van der Waals surface area contributed by atoms with E-state index in [0.29, 0.717) is 6.54 Å². The summed E-state index contributed by atoms with van der Waals surface area (Å²) in [5.41, 5.74) is 5.97. The van der Waals surface area contributed by atoms with Crippen LogP contribution in [-0.2, 0) is 0 Å². The summed E-state index contributed by atoms with van der Waals surface area (Å²) >= 11 is 0. The molecule has 1 aliphatic rings. The minimum Gasteiger partial charge on any atom is -0.396 e. The second-order valence-corrected chi connectivity index (χ2v) is 5.44. The van der Waals surface area contributed by atoms with Gasteiger partial charge in [0.05, 0.1) is 11.3 Å². The van der Waals surface area contributed by atoms with Gasteiger partial charge >= 0.3 is 0 Å². The van der Waals surface area contributed by atoms with Crippen LogP contribution >= 0.6 is 0 Å². The molecule has 1 aromatic rings. The molecule has 4 heteroatoms. The Labute approximate surface area is 113 Å². The molecule has 1 amide bonds. The standard InChI is InChI=1S/C15H21FN2O/c1-2-15(8-3-4-9-15)10-18-14(19)11-6-5-7-12(16)13(11)17/h5-7H,2-4,8-10,17H2,1H3,(H,18,19). The van der Waals surface area contributed by atoms with Gasteiger partial charge in [0.2, 0.25) is 0 Å². The number of para-hydroxylation sites is 1. The first-order valence-corrected chi connectivity index (χ1v) is 6.90. The second-order valence-electron chi connectivity index (χ2n) is 5.44. The first-order chi connectivity index (χ1) is 9.08. The summed E-state index contributed by atoms with van der Waals surface area (Å²) in [5, 5.41) is 2.92. The molecule has 2 rings (SSSR count). The van der Waals surface area contributed by atoms with Gasteiger partial charge < -0.3 is 11.1 Å². The summed E-state index contributed by atoms with van der Waals surface area (Å²) in [5.74, 6) is -0.824. The highest BCUT2D eigenvalue weighted by Crippen LogP contribution is 2.40. The number of anilines is 1. The lowest BCUT2D eigenvalue weighted by molar-refractivity contribution is 0.0929. The Bertz CT molecular complexity index is 467. The van der Waals surface area contributed by atoms with Crippen LogP contribution < -0.4 is 11.1 Å². The van der Waals surface area contributed by atoms with Crippen LogP contribution in [-0.4, -0.2) is 12.5 Å². The van der Waals surface area contributed by atoms with Gasteiger partial charge in [0.1, 0.15) is 5.82 Å². The van der Waals surface area contributed by atoms with Gasteiger partial charge in [0.15, 0.2) is 0 Å². The maximum absolute atomic E-state index is 13.3. The predicted octanol–water partition coefficient (Wildman–Crippen LogP) is 3.11. The third kappa shape index (κ3) is 2.88. The minimum atomic E-state index is -0.543. The predicted molar refractivity (Wildman–Crippen MR) is 74.3 cm³/mol. The lowest BCUT2D eigenvalue weighted by Gasteiger charge is -2.27. The zero-order valence-corrected chi connectivity index (χ0v) is 11.3. The Morgan fingerprint density at radius 1 is 1.42 bits per heavy atom. The number of benzene rings is 1. The molecule has 0 radical (unpaired) electrons. The Morgan fingerprint density at radius 3 is 2.74 bits per heavy atom. The van der Waals surface area contributed by atoms with Crippen molar-refractivity contribution < 1.29 is 9.18 Å². The van der Waals surface area contributed by atoms with Crippen LogP contribution in [0.15, 0.2) is 18.2 Å². The van der Waals surface area contributed by atoms with Crippen LogP contribution in [0, 0.1) is 11.2 Å². The van der Waals surface area contributed by atoms with Gasteiger partial charge in [-0.2, -0.15) is 0 Å². The molecule has 1 fully saturated rings. The molecule has 0 aromatic heterocycles. The van der Waals surface area contributed by atoms with Crippen molar-refractivity contribution in [2.45, 2.75) is 39.0 Å². The van der Waals surface area contributed by atoms with E-state index >= 15 is 0 Å². The molecule has 0 spiro atoms. The largest absolute Gasteiger partial charge is 0.396 e. The van der Waals surface area contributed by atoms with Gasteiger partial charge in [-0.3, -0.25) is 4.79 Å². The second kappa shape index (κ2) is 5.59. The van der Waals surface area contributed by atoms with Crippen LogP contribution in [0.25, 0.3) is 0 Å². The van der Waals surface area contributed by atoms with E-state index in [2.05, 4.69) is 12.2 Å². The zero-order valence-electron chi connectivity index (χ0n) is 11.3. The fraction of sp³-hybridized carbons (Fsp3) is 0.533. The summed E-state index contributed by atoms with van der Waals surface area (Å²) in [4.78, 5) is 12.1. The van der Waals surface area contributed by atoms with Crippen LogP contribution in [0.4, 0.5) is 10.1 Å². The normalized spacial score (nSPS) is 17.4. The fourth-order valence-corrected chi connectivity index (χ4v) is 2.88. The lowest BCUT2D eigenvalue weighted by atomic mass is 9.83. The third-order valence-corrected chi connectivity index (χ3v) is 4.34. The number of rotatable bonds is 4. The van der Waals surface area contributed by atoms with E-state index in [1.165, 1.54) is 25.0 Å². The fourth-order valence-electron chi connectivity index (χ4n) is 2.88. The van der Waals surface area contributed by atoms with Crippen molar-refractivity contribution in [3.8, 4) is 0 Å². The average Bonchev–Trinajstić information content (AvgIpc) is 2.89. The van der Waals surface area contributed by atoms with E-state index in [9.17, 15) is 9.18 Å². The molecule has 0 saturated heterocycles. The van der Waals surface area contributed by atoms with Crippen LogP contribution in [0.3, 0.4) is 0 Å². The molecule has 3 N–H and O–H groups in total. The highest BCUT2D eigenvalue weighted by Gasteiger charge is 2.32. The number of hydrogen-bond donors (Lipinski definition) is 2. The molecule has 0 bridgehead atoms. The molecule has 3 nitrogen and oxygen atoms in total. The number of carbonyl (C=O) groups is 1. The van der Waals surface area contributed by atoms with Crippen molar-refractivity contribution in [3.63, 3.8) is 0 Å². The van der Waals surface area contributed by atoms with Crippen LogP contribution in [0.1, 0.15) is 49.4 Å². The van der Waals surface area contributed by atoms with Gasteiger partial charge in [0.25, 0.3) is 5.91 Å². The molecule has 0 heterocycles. The maximum atomic E-state index is 13.3. The molecule has 0 atom stereocenters. The number of halogens is 1. The molecule has 0 aliphatic heterocycles. The number of amides is 1. The minimum absolute atomic E-state index is 0.0722. The first kappa shape index (κ1) is 13.8. The lowest BCUT2D eigenvalue weighted by Crippen LogP contribution is -2.36. The van der Waals surface area contributed by atoms with Crippen molar-refractivity contribution in [1.82, 2.24) is 5.32 Å². The van der Waals surface area contributed by atoms with E-state index in [1.807, 2.05) is 0 Å². The van der Waals surface area contributed by atoms with Crippen molar-refractivity contribution in [3.05, 3.63) is 29.6 Å². The molecule has 19 heavy (non-hydrogen) atoms. The van der Waals surface area contributed by atoms with Crippen LogP contribution in [0.2, 0.25) is 0 Å². The summed E-state index contributed by atoms with van der Waals surface area (Å²) in [6.07, 6.45) is 5.83. The number of hydrogen-bond acceptors (Lipinski definition) is 2. The number of nitrogens with one attached hydrogen (secondary N) is 1. The smallest absolute Gasteiger partial charge is 0.253 e. The van der Waals surface area contributed by atoms with Crippen LogP contribution in [0.5, 0.6) is 0 Å². The van der Waals surface area contributed by atoms with Gasteiger partial charge in [-0.1, -0.05) is 25.8 Å². The van der Waals surface area contributed by atoms with E-state index in [1.54, 1.807) is 6.07 Å². The quantitative estimate of drug-likeness (QED) is 0.821. The average molecular weight is 264 g/mol.